The van der Waals surface area contributed by atoms with Crippen LogP contribution in [0.15, 0.2) is 12.4 Å². The molecule has 0 saturated heterocycles. The van der Waals surface area contributed by atoms with Gasteiger partial charge in [-0.25, -0.2) is 0 Å². The Bertz CT molecular complexity index is 362. The summed E-state index contributed by atoms with van der Waals surface area (Å²) in [5.41, 5.74) is 0.652. The van der Waals surface area contributed by atoms with E-state index >= 15 is 0 Å². The molecular formula is C12H20N2O3. The van der Waals surface area contributed by atoms with Gasteiger partial charge in [-0.05, 0) is 13.3 Å². The molecule has 1 rings (SSSR count). The normalized spacial score (nSPS) is 14.4. The molecule has 2 unspecified atom stereocenters. The molecule has 0 aliphatic carbocycles. The van der Waals surface area contributed by atoms with Gasteiger partial charge in [0.1, 0.15) is 0 Å². The first-order chi connectivity index (χ1) is 8.10. The number of hydrogen-bond donors (Lipinski definition) is 1. The summed E-state index contributed by atoms with van der Waals surface area (Å²) in [6.07, 6.45) is 3.87. The fraction of sp³-hybridized carbons (Fsp3) is 0.667. The molecule has 1 N–H and O–H groups in total. The third-order valence-electron chi connectivity index (χ3n) is 2.64. The standard InChI is InChI=1S/C12H20N2O3/c1-4-6-10(12(16)17-5-2)11(15)9-7-13-14(3)8-9/h7-8,10-11,15H,4-6H2,1-3H3. The molecule has 0 aliphatic heterocycles. The molecule has 5 heteroatoms. The van der Waals surface area contributed by atoms with E-state index in [1.54, 1.807) is 31.0 Å². The minimum Gasteiger partial charge on any atom is -0.466 e. The van der Waals surface area contributed by atoms with Gasteiger partial charge in [-0.3, -0.25) is 9.48 Å². The minimum absolute atomic E-state index is 0.332. The van der Waals surface area contributed by atoms with Gasteiger partial charge in [0.2, 0.25) is 0 Å². The van der Waals surface area contributed by atoms with Crippen LogP contribution in [-0.4, -0.2) is 27.5 Å². The van der Waals surface area contributed by atoms with Crippen molar-refractivity contribution in [1.82, 2.24) is 9.78 Å². The van der Waals surface area contributed by atoms with Gasteiger partial charge in [0.25, 0.3) is 0 Å². The van der Waals surface area contributed by atoms with Crippen molar-refractivity contribution in [3.05, 3.63) is 18.0 Å². The van der Waals surface area contributed by atoms with Crippen molar-refractivity contribution in [2.24, 2.45) is 13.0 Å². The van der Waals surface area contributed by atoms with Crippen LogP contribution in [0.5, 0.6) is 0 Å². The van der Waals surface area contributed by atoms with Crippen LogP contribution in [0.1, 0.15) is 38.4 Å². The van der Waals surface area contributed by atoms with Crippen LogP contribution in [-0.2, 0) is 16.6 Å². The maximum absolute atomic E-state index is 11.7. The van der Waals surface area contributed by atoms with Gasteiger partial charge in [0.05, 0.1) is 24.8 Å². The molecule has 5 nitrogen and oxygen atoms in total. The molecule has 2 atom stereocenters. The zero-order chi connectivity index (χ0) is 12.8. The summed E-state index contributed by atoms with van der Waals surface area (Å²) in [5.74, 6) is -0.852. The molecule has 0 aromatic carbocycles. The van der Waals surface area contributed by atoms with Gasteiger partial charge in [0.15, 0.2) is 0 Å². The maximum Gasteiger partial charge on any atom is 0.311 e. The van der Waals surface area contributed by atoms with Gasteiger partial charge in [0, 0.05) is 18.8 Å². The lowest BCUT2D eigenvalue weighted by molar-refractivity contribution is -0.152. The molecule has 1 heterocycles. The van der Waals surface area contributed by atoms with Gasteiger partial charge < -0.3 is 9.84 Å². The number of aryl methyl sites for hydroxylation is 1. The van der Waals surface area contributed by atoms with Crippen LogP contribution in [0.3, 0.4) is 0 Å². The number of nitrogens with zero attached hydrogens (tertiary/aromatic N) is 2. The zero-order valence-corrected chi connectivity index (χ0v) is 10.6. The lowest BCUT2D eigenvalue weighted by atomic mass is 9.93. The number of rotatable bonds is 6. The van der Waals surface area contributed by atoms with Crippen LogP contribution in [0.2, 0.25) is 0 Å². The molecule has 0 radical (unpaired) electrons. The van der Waals surface area contributed by atoms with Crippen molar-refractivity contribution in [3.8, 4) is 0 Å². The second kappa shape index (κ2) is 6.39. The van der Waals surface area contributed by atoms with E-state index in [-0.39, 0.29) is 5.97 Å². The Morgan fingerprint density at radius 3 is 2.76 bits per heavy atom. The van der Waals surface area contributed by atoms with Crippen LogP contribution >= 0.6 is 0 Å². The first-order valence-electron chi connectivity index (χ1n) is 5.93. The number of esters is 1. The summed E-state index contributed by atoms with van der Waals surface area (Å²) in [5, 5.41) is 14.2. The molecule has 0 saturated carbocycles. The van der Waals surface area contributed by atoms with Crippen LogP contribution in [0, 0.1) is 5.92 Å². The largest absolute Gasteiger partial charge is 0.466 e. The number of hydrogen-bond acceptors (Lipinski definition) is 4. The van der Waals surface area contributed by atoms with E-state index in [2.05, 4.69) is 5.10 Å². The summed E-state index contributed by atoms with van der Waals surface area (Å²) >= 11 is 0. The number of carbonyl (C=O) groups excluding carboxylic acids is 1. The molecule has 0 amide bonds. The van der Waals surface area contributed by atoms with Gasteiger partial charge in [-0.1, -0.05) is 13.3 Å². The van der Waals surface area contributed by atoms with Crippen molar-refractivity contribution >= 4 is 5.97 Å². The molecule has 17 heavy (non-hydrogen) atoms. The lowest BCUT2D eigenvalue weighted by Crippen LogP contribution is -2.24. The second-order valence-corrected chi connectivity index (χ2v) is 4.04. The fourth-order valence-electron chi connectivity index (χ4n) is 1.79. The number of aliphatic hydroxyl groups is 1. The maximum atomic E-state index is 11.7. The molecule has 1 aromatic rings. The van der Waals surface area contributed by atoms with Crippen LogP contribution < -0.4 is 0 Å². The van der Waals surface area contributed by atoms with Gasteiger partial charge >= 0.3 is 5.97 Å². The molecule has 96 valence electrons. The van der Waals surface area contributed by atoms with E-state index in [9.17, 15) is 9.90 Å². The lowest BCUT2D eigenvalue weighted by Gasteiger charge is -2.19. The van der Waals surface area contributed by atoms with Crippen molar-refractivity contribution in [1.29, 1.82) is 0 Å². The molecule has 0 aliphatic rings. The highest BCUT2D eigenvalue weighted by atomic mass is 16.5. The number of aliphatic hydroxyl groups excluding tert-OH is 1. The SMILES string of the molecule is CCCC(C(=O)OCC)C(O)c1cnn(C)c1. The van der Waals surface area contributed by atoms with Crippen molar-refractivity contribution in [3.63, 3.8) is 0 Å². The van der Waals surface area contributed by atoms with E-state index in [0.717, 1.165) is 6.42 Å². The number of carbonyl (C=O) groups is 1. The summed E-state index contributed by atoms with van der Waals surface area (Å²) < 4.78 is 6.58. The third-order valence-corrected chi connectivity index (χ3v) is 2.64. The highest BCUT2D eigenvalue weighted by Gasteiger charge is 2.29. The van der Waals surface area contributed by atoms with E-state index in [0.29, 0.717) is 18.6 Å². The Balaban J connectivity index is 2.79. The topological polar surface area (TPSA) is 64.3 Å². The van der Waals surface area contributed by atoms with E-state index in [1.807, 2.05) is 6.92 Å². The second-order valence-electron chi connectivity index (χ2n) is 4.04. The fourth-order valence-corrected chi connectivity index (χ4v) is 1.79. The average Bonchev–Trinajstić information content (AvgIpc) is 2.72. The average molecular weight is 240 g/mol. The number of ether oxygens (including phenoxy) is 1. The van der Waals surface area contributed by atoms with Crippen LogP contribution in [0.25, 0.3) is 0 Å². The molecule has 1 aromatic heterocycles. The Morgan fingerprint density at radius 2 is 2.29 bits per heavy atom. The zero-order valence-electron chi connectivity index (χ0n) is 10.6. The molecule has 0 bridgehead atoms. The van der Waals surface area contributed by atoms with Gasteiger partial charge in [-0.15, -0.1) is 0 Å². The molecule has 0 spiro atoms. The predicted octanol–water partition coefficient (Wildman–Crippen LogP) is 1.43. The van der Waals surface area contributed by atoms with Gasteiger partial charge in [-0.2, -0.15) is 5.10 Å². The Hall–Kier alpha value is -1.36. The Morgan fingerprint density at radius 1 is 1.59 bits per heavy atom. The predicted molar refractivity (Wildman–Crippen MR) is 63.2 cm³/mol. The third kappa shape index (κ3) is 3.56. The van der Waals surface area contributed by atoms with E-state index in [4.69, 9.17) is 4.74 Å². The van der Waals surface area contributed by atoms with Crippen molar-refractivity contribution in [2.75, 3.05) is 6.61 Å². The smallest absolute Gasteiger partial charge is 0.311 e. The summed E-state index contributed by atoms with van der Waals surface area (Å²) in [4.78, 5) is 11.7. The van der Waals surface area contributed by atoms with Crippen molar-refractivity contribution in [2.45, 2.75) is 32.8 Å². The molecule has 0 fully saturated rings. The minimum atomic E-state index is -0.845. The van der Waals surface area contributed by atoms with Crippen LogP contribution in [0.4, 0.5) is 0 Å². The first-order valence-corrected chi connectivity index (χ1v) is 5.93. The monoisotopic (exact) mass is 240 g/mol. The Labute approximate surface area is 101 Å². The first kappa shape index (κ1) is 13.7. The van der Waals surface area contributed by atoms with E-state index < -0.39 is 12.0 Å². The summed E-state index contributed by atoms with van der Waals surface area (Å²) in [6, 6.07) is 0. The summed E-state index contributed by atoms with van der Waals surface area (Å²) in [6.45, 7) is 4.07. The quantitative estimate of drug-likeness (QED) is 0.764. The Kier molecular flexibility index (Phi) is 5.15. The van der Waals surface area contributed by atoms with E-state index in [1.165, 1.54) is 0 Å². The van der Waals surface area contributed by atoms with Crippen molar-refractivity contribution < 1.29 is 14.6 Å². The molecular weight excluding hydrogens is 220 g/mol. The highest BCUT2D eigenvalue weighted by molar-refractivity contribution is 5.73. The summed E-state index contributed by atoms with van der Waals surface area (Å²) in [7, 11) is 1.77. The number of aromatic nitrogens is 2. The highest BCUT2D eigenvalue weighted by Crippen LogP contribution is 2.26.